The lowest BCUT2D eigenvalue weighted by atomic mass is 9.90. The second kappa shape index (κ2) is 7.94. The van der Waals surface area contributed by atoms with E-state index in [1.165, 1.54) is 6.42 Å². The molecule has 3 heterocycles. The fourth-order valence-electron chi connectivity index (χ4n) is 3.28. The van der Waals surface area contributed by atoms with Crippen LogP contribution >= 0.6 is 0 Å². The summed E-state index contributed by atoms with van der Waals surface area (Å²) >= 11 is 0. The Hall–Kier alpha value is -1.66. The molecule has 2 fully saturated rings. The van der Waals surface area contributed by atoms with Crippen molar-refractivity contribution in [3.05, 3.63) is 24.0 Å². The maximum absolute atomic E-state index is 12.9. The molecular weight excluding hydrogens is 306 g/mol. The Bertz CT molecular complexity index is 535. The average Bonchev–Trinajstić information content (AvgIpc) is 2.63. The topological polar surface area (TPSA) is 72.5 Å². The van der Waals surface area contributed by atoms with Crippen LogP contribution in [0.3, 0.4) is 0 Å². The number of rotatable bonds is 5. The van der Waals surface area contributed by atoms with Crippen molar-refractivity contribution in [3.63, 3.8) is 0 Å². The first-order chi connectivity index (χ1) is 11.7. The van der Waals surface area contributed by atoms with E-state index >= 15 is 0 Å². The van der Waals surface area contributed by atoms with Crippen molar-refractivity contribution in [1.82, 2.24) is 15.6 Å². The Balaban J connectivity index is 1.65. The van der Waals surface area contributed by atoms with Crippen LogP contribution in [0, 0.1) is 6.92 Å². The summed E-state index contributed by atoms with van der Waals surface area (Å²) < 4.78 is 11.8. The Labute approximate surface area is 143 Å². The van der Waals surface area contributed by atoms with Gasteiger partial charge in [-0.15, -0.1) is 0 Å². The number of aryl methyl sites for hydroxylation is 1. The molecule has 1 aromatic heterocycles. The van der Waals surface area contributed by atoms with Gasteiger partial charge in [0, 0.05) is 31.7 Å². The summed E-state index contributed by atoms with van der Waals surface area (Å²) in [6, 6.07) is 3.78. The number of carbonyl (C=O) groups is 1. The lowest BCUT2D eigenvalue weighted by molar-refractivity contribution is -0.140. The Morgan fingerprint density at radius 2 is 2.25 bits per heavy atom. The third kappa shape index (κ3) is 4.24. The Morgan fingerprint density at radius 1 is 1.42 bits per heavy atom. The molecule has 0 aromatic carbocycles. The number of pyridine rings is 1. The smallest absolute Gasteiger partial charge is 0.264 e. The monoisotopic (exact) mass is 333 g/mol. The Morgan fingerprint density at radius 3 is 2.92 bits per heavy atom. The first-order valence-electron chi connectivity index (χ1n) is 8.90. The third-order valence-electron chi connectivity index (χ3n) is 4.79. The lowest BCUT2D eigenvalue weighted by Gasteiger charge is -2.37. The summed E-state index contributed by atoms with van der Waals surface area (Å²) in [5.74, 6) is 0.602. The van der Waals surface area contributed by atoms with E-state index < -0.39 is 5.60 Å². The fraction of sp³-hybridized carbons (Fsp3) is 0.667. The van der Waals surface area contributed by atoms with Gasteiger partial charge in [0.15, 0.2) is 5.60 Å². The van der Waals surface area contributed by atoms with Crippen molar-refractivity contribution in [3.8, 4) is 5.75 Å². The van der Waals surface area contributed by atoms with Crippen LogP contribution in [0.15, 0.2) is 18.3 Å². The van der Waals surface area contributed by atoms with Crippen LogP contribution in [0.25, 0.3) is 0 Å². The molecule has 6 heteroatoms. The molecule has 0 bridgehead atoms. The fourth-order valence-corrected chi connectivity index (χ4v) is 3.28. The number of hydrogen-bond donors (Lipinski definition) is 2. The largest absolute Gasteiger partial charge is 0.476 e. The third-order valence-corrected chi connectivity index (χ3v) is 4.79. The van der Waals surface area contributed by atoms with Crippen LogP contribution < -0.4 is 15.4 Å². The second-order valence-electron chi connectivity index (χ2n) is 6.68. The van der Waals surface area contributed by atoms with Gasteiger partial charge in [-0.2, -0.15) is 0 Å². The molecule has 2 aliphatic heterocycles. The molecule has 0 radical (unpaired) electrons. The van der Waals surface area contributed by atoms with Crippen molar-refractivity contribution < 1.29 is 14.3 Å². The molecule has 0 unspecified atom stereocenters. The van der Waals surface area contributed by atoms with Gasteiger partial charge in [0.1, 0.15) is 5.75 Å². The number of carbonyl (C=O) groups excluding carboxylic acids is 1. The van der Waals surface area contributed by atoms with Crippen LogP contribution in [0.5, 0.6) is 5.75 Å². The second-order valence-corrected chi connectivity index (χ2v) is 6.68. The molecular formula is C18H27N3O3. The minimum absolute atomic E-state index is 0.0428. The van der Waals surface area contributed by atoms with Crippen molar-refractivity contribution in [2.75, 3.05) is 26.2 Å². The predicted octanol–water partition coefficient (Wildman–Crippen LogP) is 1.58. The zero-order valence-corrected chi connectivity index (χ0v) is 14.3. The van der Waals surface area contributed by atoms with Crippen molar-refractivity contribution in [1.29, 1.82) is 0 Å². The minimum atomic E-state index is -0.823. The first kappa shape index (κ1) is 17.2. The molecule has 132 valence electrons. The van der Waals surface area contributed by atoms with E-state index in [9.17, 15) is 4.79 Å². The van der Waals surface area contributed by atoms with Gasteiger partial charge in [0.05, 0.1) is 12.3 Å². The number of nitrogens with zero attached hydrogens (tertiary/aromatic N) is 1. The van der Waals surface area contributed by atoms with Gasteiger partial charge in [-0.05, 0) is 51.4 Å². The average molecular weight is 333 g/mol. The normalized spacial score (nSPS) is 23.5. The molecule has 0 aliphatic carbocycles. The lowest BCUT2D eigenvalue weighted by Crippen LogP contribution is -2.57. The standard InChI is InChI=1S/C18H27N3O3/c1-14-5-6-16(13-20-14)24-18(7-9-19-10-8-18)17(22)21-12-15-4-2-3-11-23-15/h5-6,13,15,19H,2-4,7-12H2,1H3,(H,21,22)/t15-/m1/s1. The quantitative estimate of drug-likeness (QED) is 0.856. The van der Waals surface area contributed by atoms with Gasteiger partial charge in [-0.25, -0.2) is 0 Å². The highest BCUT2D eigenvalue weighted by Crippen LogP contribution is 2.27. The molecule has 0 saturated carbocycles. The molecule has 1 aromatic rings. The number of hydrogen-bond acceptors (Lipinski definition) is 5. The van der Waals surface area contributed by atoms with Gasteiger partial charge < -0.3 is 20.1 Å². The number of aromatic nitrogens is 1. The maximum Gasteiger partial charge on any atom is 0.264 e. The molecule has 1 amide bonds. The SMILES string of the molecule is Cc1ccc(OC2(C(=O)NC[C@H]3CCCCO3)CCNCC2)cn1. The van der Waals surface area contributed by atoms with Crippen LogP contribution in [0.4, 0.5) is 0 Å². The van der Waals surface area contributed by atoms with Crippen LogP contribution in [-0.4, -0.2) is 48.8 Å². The predicted molar refractivity (Wildman–Crippen MR) is 91.0 cm³/mol. The zero-order chi connectivity index (χ0) is 16.8. The van der Waals surface area contributed by atoms with Gasteiger partial charge in [-0.3, -0.25) is 9.78 Å². The molecule has 6 nitrogen and oxygen atoms in total. The van der Waals surface area contributed by atoms with Gasteiger partial charge in [0.25, 0.3) is 5.91 Å². The van der Waals surface area contributed by atoms with E-state index in [2.05, 4.69) is 15.6 Å². The molecule has 2 saturated heterocycles. The highest BCUT2D eigenvalue weighted by atomic mass is 16.5. The molecule has 0 spiro atoms. The Kier molecular flexibility index (Phi) is 5.68. The van der Waals surface area contributed by atoms with Crippen LogP contribution in [0.1, 0.15) is 37.8 Å². The van der Waals surface area contributed by atoms with E-state index in [4.69, 9.17) is 9.47 Å². The molecule has 24 heavy (non-hydrogen) atoms. The van der Waals surface area contributed by atoms with Crippen LogP contribution in [0.2, 0.25) is 0 Å². The van der Waals surface area contributed by atoms with E-state index in [1.807, 2.05) is 19.1 Å². The molecule has 3 rings (SSSR count). The summed E-state index contributed by atoms with van der Waals surface area (Å²) in [6.45, 7) is 4.82. The van der Waals surface area contributed by atoms with E-state index in [0.717, 1.165) is 38.2 Å². The van der Waals surface area contributed by atoms with Gasteiger partial charge in [-0.1, -0.05) is 0 Å². The summed E-state index contributed by atoms with van der Waals surface area (Å²) in [4.78, 5) is 17.2. The van der Waals surface area contributed by atoms with E-state index in [0.29, 0.717) is 25.1 Å². The summed E-state index contributed by atoms with van der Waals surface area (Å²) in [6.07, 6.45) is 6.41. The minimum Gasteiger partial charge on any atom is -0.476 e. The molecule has 2 aliphatic rings. The highest BCUT2D eigenvalue weighted by Gasteiger charge is 2.42. The number of ether oxygens (including phenoxy) is 2. The van der Waals surface area contributed by atoms with Crippen molar-refractivity contribution in [2.24, 2.45) is 0 Å². The highest BCUT2D eigenvalue weighted by molar-refractivity contribution is 5.85. The van der Waals surface area contributed by atoms with E-state index in [-0.39, 0.29) is 12.0 Å². The van der Waals surface area contributed by atoms with Crippen molar-refractivity contribution >= 4 is 5.91 Å². The van der Waals surface area contributed by atoms with Crippen LogP contribution in [-0.2, 0) is 9.53 Å². The zero-order valence-electron chi connectivity index (χ0n) is 14.3. The van der Waals surface area contributed by atoms with Crippen molar-refractivity contribution in [2.45, 2.75) is 50.7 Å². The summed E-state index contributed by atoms with van der Waals surface area (Å²) in [7, 11) is 0. The maximum atomic E-state index is 12.9. The summed E-state index contributed by atoms with van der Waals surface area (Å²) in [5, 5.41) is 6.35. The number of amides is 1. The molecule has 1 atom stereocenters. The van der Waals surface area contributed by atoms with E-state index in [1.54, 1.807) is 6.20 Å². The first-order valence-corrected chi connectivity index (χ1v) is 8.90. The van der Waals surface area contributed by atoms with Gasteiger partial charge >= 0.3 is 0 Å². The van der Waals surface area contributed by atoms with Gasteiger partial charge in [0.2, 0.25) is 0 Å². The molecule has 2 N–H and O–H groups in total. The number of piperidine rings is 1. The summed E-state index contributed by atoms with van der Waals surface area (Å²) in [5.41, 5.74) is 0.109. The number of nitrogens with one attached hydrogen (secondary N) is 2.